The van der Waals surface area contributed by atoms with Gasteiger partial charge in [-0.05, 0) is 22.1 Å². The van der Waals surface area contributed by atoms with Crippen LogP contribution in [0.1, 0.15) is 31.9 Å². The zero-order valence-electron chi connectivity index (χ0n) is 15.3. The van der Waals surface area contributed by atoms with Gasteiger partial charge in [0.2, 0.25) is 0 Å². The first-order chi connectivity index (χ1) is 10.4. The molecule has 0 spiro atoms. The first kappa shape index (κ1) is 24.3. The number of halogens is 2. The van der Waals surface area contributed by atoms with E-state index in [0.717, 1.165) is 5.75 Å². The van der Waals surface area contributed by atoms with Crippen molar-refractivity contribution in [1.82, 2.24) is 0 Å². The van der Waals surface area contributed by atoms with Crippen molar-refractivity contribution in [2.24, 2.45) is 0 Å². The normalized spacial score (nSPS) is 10.4. The molecule has 0 N–H and O–H groups in total. The molecule has 0 saturated heterocycles. The first-order valence-electron chi connectivity index (χ1n) is 7.76. The van der Waals surface area contributed by atoms with E-state index in [1.807, 2.05) is 0 Å². The second-order valence-electron chi connectivity index (χ2n) is 6.98. The van der Waals surface area contributed by atoms with Gasteiger partial charge in [0.15, 0.2) is 0 Å². The number of aryl methyl sites for hydroxylation is 1. The average molecular weight is 456 g/mol. The summed E-state index contributed by atoms with van der Waals surface area (Å²) in [5.41, 5.74) is 5.00. The SMILES string of the molecule is COc1c(C(C)(C)C)cc2[cH-]c(C)cc2c1-c1ccccc1.Cl.Cl.[Zr]. The topological polar surface area (TPSA) is 9.23 Å². The average Bonchev–Trinajstić information content (AvgIpc) is 2.85. The molecular weight excluding hydrogens is 430 g/mol. The Labute approximate surface area is 182 Å². The minimum absolute atomic E-state index is 0. The van der Waals surface area contributed by atoms with Gasteiger partial charge < -0.3 is 4.74 Å². The Morgan fingerprint density at radius 2 is 1.56 bits per heavy atom. The Hall–Kier alpha value is -0.687. The van der Waals surface area contributed by atoms with Gasteiger partial charge >= 0.3 is 0 Å². The second-order valence-corrected chi connectivity index (χ2v) is 6.98. The summed E-state index contributed by atoms with van der Waals surface area (Å²) in [6, 6.07) is 17.3. The van der Waals surface area contributed by atoms with Gasteiger partial charge in [-0.15, -0.1) is 53.3 Å². The maximum atomic E-state index is 5.87. The van der Waals surface area contributed by atoms with Crippen molar-refractivity contribution in [1.29, 1.82) is 0 Å². The fraction of sp³-hybridized carbons (Fsp3) is 0.286. The Morgan fingerprint density at radius 1 is 0.960 bits per heavy atom. The first-order valence-corrected chi connectivity index (χ1v) is 7.76. The van der Waals surface area contributed by atoms with Crippen molar-refractivity contribution in [3.8, 4) is 16.9 Å². The van der Waals surface area contributed by atoms with Crippen molar-refractivity contribution in [3.63, 3.8) is 0 Å². The van der Waals surface area contributed by atoms with Crippen molar-refractivity contribution < 1.29 is 30.9 Å². The summed E-state index contributed by atoms with van der Waals surface area (Å²) in [6.45, 7) is 8.86. The summed E-state index contributed by atoms with van der Waals surface area (Å²) in [4.78, 5) is 0. The van der Waals surface area contributed by atoms with Crippen molar-refractivity contribution in [2.45, 2.75) is 33.1 Å². The number of hydrogen-bond donors (Lipinski definition) is 0. The van der Waals surface area contributed by atoms with Crippen LogP contribution < -0.4 is 4.74 Å². The van der Waals surface area contributed by atoms with Gasteiger partial charge in [-0.3, -0.25) is 0 Å². The van der Waals surface area contributed by atoms with Gasteiger partial charge in [-0.2, -0.15) is 6.07 Å². The molecule has 3 aromatic carbocycles. The van der Waals surface area contributed by atoms with E-state index in [-0.39, 0.29) is 56.4 Å². The van der Waals surface area contributed by atoms with Crippen LogP contribution in [0, 0.1) is 6.92 Å². The summed E-state index contributed by atoms with van der Waals surface area (Å²) in [5, 5.41) is 2.57. The summed E-state index contributed by atoms with van der Waals surface area (Å²) in [6.07, 6.45) is 0. The number of rotatable bonds is 2. The summed E-state index contributed by atoms with van der Waals surface area (Å²) < 4.78 is 5.87. The molecule has 0 aromatic heterocycles. The summed E-state index contributed by atoms with van der Waals surface area (Å²) in [5.74, 6) is 0.997. The molecule has 1 nitrogen and oxygen atoms in total. The van der Waals surface area contributed by atoms with Crippen LogP contribution >= 0.6 is 24.8 Å². The molecule has 3 aromatic rings. The van der Waals surface area contributed by atoms with E-state index in [2.05, 4.69) is 76.2 Å². The maximum Gasteiger partial charge on any atom is 0.111 e. The smallest absolute Gasteiger partial charge is 0.111 e. The Kier molecular flexibility index (Phi) is 9.05. The van der Waals surface area contributed by atoms with Gasteiger partial charge in [-0.25, -0.2) is 0 Å². The van der Waals surface area contributed by atoms with Gasteiger partial charge in [0.05, 0.1) is 7.11 Å². The standard InChI is InChI=1S/C21H23O.2ClH.Zr/c1-14-11-16-13-18(21(2,3)4)20(22-5)19(17(16)12-14)15-9-7-6-8-10-15;;;/h6-13H,1-5H3;2*1H;/q-1;;;. The van der Waals surface area contributed by atoms with Crippen LogP contribution in [-0.4, -0.2) is 7.11 Å². The van der Waals surface area contributed by atoms with Gasteiger partial charge in [0.1, 0.15) is 5.75 Å². The number of hydrogen-bond acceptors (Lipinski definition) is 1. The minimum Gasteiger partial charge on any atom is -0.498 e. The number of methoxy groups -OCH3 is 1. The van der Waals surface area contributed by atoms with E-state index < -0.39 is 0 Å². The predicted octanol–water partition coefficient (Wildman–Crippen LogP) is 6.68. The summed E-state index contributed by atoms with van der Waals surface area (Å²) in [7, 11) is 1.78. The van der Waals surface area contributed by atoms with Crippen LogP contribution in [0.25, 0.3) is 21.9 Å². The van der Waals surface area contributed by atoms with Crippen LogP contribution in [-0.2, 0) is 31.6 Å². The molecular formula is C21H25Cl2OZr-. The molecule has 0 atom stereocenters. The molecule has 0 aliphatic rings. The third kappa shape index (κ3) is 4.73. The fourth-order valence-corrected chi connectivity index (χ4v) is 3.15. The van der Waals surface area contributed by atoms with E-state index >= 15 is 0 Å². The molecule has 0 aliphatic carbocycles. The van der Waals surface area contributed by atoms with Crippen molar-refractivity contribution >= 4 is 35.6 Å². The molecule has 0 unspecified atom stereocenters. The number of fused-ring (bicyclic) bond motifs is 1. The van der Waals surface area contributed by atoms with Crippen LogP contribution in [0.2, 0.25) is 0 Å². The van der Waals surface area contributed by atoms with Crippen molar-refractivity contribution in [2.75, 3.05) is 7.11 Å². The third-order valence-electron chi connectivity index (χ3n) is 4.18. The maximum absolute atomic E-state index is 5.87. The molecule has 0 heterocycles. The molecule has 0 saturated carbocycles. The van der Waals surface area contributed by atoms with E-state index in [9.17, 15) is 0 Å². The zero-order valence-corrected chi connectivity index (χ0v) is 19.4. The largest absolute Gasteiger partial charge is 0.498 e. The minimum atomic E-state index is 0. The van der Waals surface area contributed by atoms with E-state index in [0.29, 0.717) is 0 Å². The Bertz CT molecular complexity index is 817. The quantitative estimate of drug-likeness (QED) is 0.392. The van der Waals surface area contributed by atoms with Crippen LogP contribution in [0.4, 0.5) is 0 Å². The molecule has 0 bridgehead atoms. The third-order valence-corrected chi connectivity index (χ3v) is 4.18. The molecule has 0 amide bonds. The Balaban J connectivity index is 0.00000192. The van der Waals surface area contributed by atoms with Crippen LogP contribution in [0.3, 0.4) is 0 Å². The van der Waals surface area contributed by atoms with Gasteiger partial charge in [0.25, 0.3) is 0 Å². The number of benzene rings is 2. The predicted molar refractivity (Wildman–Crippen MR) is 109 cm³/mol. The zero-order chi connectivity index (χ0) is 15.9. The van der Waals surface area contributed by atoms with E-state index in [1.165, 1.54) is 33.0 Å². The summed E-state index contributed by atoms with van der Waals surface area (Å²) >= 11 is 0. The molecule has 3 rings (SSSR count). The van der Waals surface area contributed by atoms with E-state index in [4.69, 9.17) is 4.74 Å². The fourth-order valence-electron chi connectivity index (χ4n) is 3.15. The monoisotopic (exact) mass is 453 g/mol. The molecule has 0 aliphatic heterocycles. The molecule has 0 radical (unpaired) electrons. The number of ether oxygens (including phenoxy) is 1. The van der Waals surface area contributed by atoms with Crippen molar-refractivity contribution in [3.05, 3.63) is 59.7 Å². The second kappa shape index (κ2) is 9.31. The molecule has 134 valence electrons. The van der Waals surface area contributed by atoms with Gasteiger partial charge in [-0.1, -0.05) is 58.0 Å². The molecule has 0 fully saturated rings. The van der Waals surface area contributed by atoms with Crippen LogP contribution in [0.5, 0.6) is 5.75 Å². The van der Waals surface area contributed by atoms with E-state index in [1.54, 1.807) is 7.11 Å². The molecule has 25 heavy (non-hydrogen) atoms. The van der Waals surface area contributed by atoms with Gasteiger partial charge in [0, 0.05) is 26.2 Å². The Morgan fingerprint density at radius 3 is 2.08 bits per heavy atom. The molecule has 4 heteroatoms. The van der Waals surface area contributed by atoms with Crippen LogP contribution in [0.15, 0.2) is 48.5 Å².